The standard InChI is InChI=1S/C18H24N2OS/c1-13(2)16-5-7-17(8-6-16)19-18(21)14(3)20(4)11-15-9-10-22-12-15/h5-10,12-14H,11H2,1-4H3,(H,19,21). The zero-order valence-electron chi connectivity index (χ0n) is 13.7. The molecule has 0 saturated carbocycles. The number of nitrogens with one attached hydrogen (secondary N) is 1. The number of benzene rings is 1. The molecule has 1 aromatic carbocycles. The van der Waals surface area contributed by atoms with Crippen molar-refractivity contribution in [3.63, 3.8) is 0 Å². The lowest BCUT2D eigenvalue weighted by atomic mass is 10.0. The zero-order valence-corrected chi connectivity index (χ0v) is 14.5. The van der Waals surface area contributed by atoms with E-state index in [1.807, 2.05) is 26.1 Å². The molecule has 22 heavy (non-hydrogen) atoms. The summed E-state index contributed by atoms with van der Waals surface area (Å²) in [6.07, 6.45) is 0. The first-order chi connectivity index (χ1) is 10.5. The number of hydrogen-bond acceptors (Lipinski definition) is 3. The lowest BCUT2D eigenvalue weighted by molar-refractivity contribution is -0.120. The van der Waals surface area contributed by atoms with Crippen LogP contribution >= 0.6 is 11.3 Å². The van der Waals surface area contributed by atoms with Gasteiger partial charge in [0.15, 0.2) is 0 Å². The molecule has 0 aliphatic rings. The van der Waals surface area contributed by atoms with Crippen LogP contribution < -0.4 is 5.32 Å². The second-order valence-corrected chi connectivity index (χ2v) is 6.77. The molecule has 3 nitrogen and oxygen atoms in total. The third kappa shape index (κ3) is 4.42. The van der Waals surface area contributed by atoms with Crippen LogP contribution in [-0.4, -0.2) is 23.9 Å². The number of likely N-dealkylation sites (N-methyl/N-ethyl adjacent to an activating group) is 1. The minimum absolute atomic E-state index is 0.0232. The number of rotatable bonds is 6. The van der Waals surface area contributed by atoms with Gasteiger partial charge in [0.2, 0.25) is 5.91 Å². The van der Waals surface area contributed by atoms with Gasteiger partial charge < -0.3 is 5.32 Å². The van der Waals surface area contributed by atoms with Crippen molar-refractivity contribution in [2.75, 3.05) is 12.4 Å². The highest BCUT2D eigenvalue weighted by molar-refractivity contribution is 7.07. The van der Waals surface area contributed by atoms with Crippen LogP contribution in [0.2, 0.25) is 0 Å². The van der Waals surface area contributed by atoms with Crippen molar-refractivity contribution in [2.45, 2.75) is 39.3 Å². The molecule has 0 bridgehead atoms. The molecule has 1 aromatic heterocycles. The van der Waals surface area contributed by atoms with Gasteiger partial charge >= 0.3 is 0 Å². The highest BCUT2D eigenvalue weighted by atomic mass is 32.1. The van der Waals surface area contributed by atoms with Crippen LogP contribution in [0.3, 0.4) is 0 Å². The smallest absolute Gasteiger partial charge is 0.241 e. The predicted octanol–water partition coefficient (Wildman–Crippen LogP) is 4.33. The summed E-state index contributed by atoms with van der Waals surface area (Å²) in [5, 5.41) is 7.17. The SMILES string of the molecule is CC(C)c1ccc(NC(=O)C(C)N(C)Cc2ccsc2)cc1. The van der Waals surface area contributed by atoms with Crippen molar-refractivity contribution in [1.82, 2.24) is 4.90 Å². The van der Waals surface area contributed by atoms with Gasteiger partial charge in [0.05, 0.1) is 6.04 Å². The molecule has 2 aromatic rings. The lowest BCUT2D eigenvalue weighted by Gasteiger charge is -2.23. The largest absolute Gasteiger partial charge is 0.325 e. The van der Waals surface area contributed by atoms with Gasteiger partial charge in [0, 0.05) is 12.2 Å². The van der Waals surface area contributed by atoms with Gasteiger partial charge in [-0.25, -0.2) is 0 Å². The topological polar surface area (TPSA) is 32.3 Å². The van der Waals surface area contributed by atoms with E-state index in [1.165, 1.54) is 11.1 Å². The maximum Gasteiger partial charge on any atom is 0.241 e. The van der Waals surface area contributed by atoms with Crippen LogP contribution in [0.4, 0.5) is 5.69 Å². The van der Waals surface area contributed by atoms with Crippen LogP contribution in [0.1, 0.15) is 37.8 Å². The number of amides is 1. The minimum Gasteiger partial charge on any atom is -0.325 e. The molecule has 1 heterocycles. The summed E-state index contributed by atoms with van der Waals surface area (Å²) in [6, 6.07) is 10.00. The summed E-state index contributed by atoms with van der Waals surface area (Å²) in [5.41, 5.74) is 3.37. The molecule has 0 aliphatic carbocycles. The second kappa shape index (κ2) is 7.56. The average molecular weight is 316 g/mol. The maximum atomic E-state index is 12.4. The summed E-state index contributed by atoms with van der Waals surface area (Å²) < 4.78 is 0. The van der Waals surface area contributed by atoms with Gasteiger partial charge in [-0.3, -0.25) is 9.69 Å². The Balaban J connectivity index is 1.92. The monoisotopic (exact) mass is 316 g/mol. The van der Waals surface area contributed by atoms with Crippen LogP contribution in [0.15, 0.2) is 41.1 Å². The van der Waals surface area contributed by atoms with E-state index in [0.717, 1.165) is 12.2 Å². The summed E-state index contributed by atoms with van der Waals surface area (Å²) in [7, 11) is 1.98. The third-order valence-electron chi connectivity index (χ3n) is 3.90. The van der Waals surface area contributed by atoms with Gasteiger partial charge in [0.1, 0.15) is 0 Å². The van der Waals surface area contributed by atoms with Gasteiger partial charge in [-0.05, 0) is 60.0 Å². The van der Waals surface area contributed by atoms with E-state index in [4.69, 9.17) is 0 Å². The molecule has 4 heteroatoms. The highest BCUT2D eigenvalue weighted by Gasteiger charge is 2.18. The van der Waals surface area contributed by atoms with E-state index in [9.17, 15) is 4.79 Å². The number of anilines is 1. The van der Waals surface area contributed by atoms with Crippen molar-refractivity contribution in [1.29, 1.82) is 0 Å². The highest BCUT2D eigenvalue weighted by Crippen LogP contribution is 2.18. The summed E-state index contributed by atoms with van der Waals surface area (Å²) in [6.45, 7) is 7.04. The van der Waals surface area contributed by atoms with Crippen molar-refractivity contribution < 1.29 is 4.79 Å². The zero-order chi connectivity index (χ0) is 16.1. The minimum atomic E-state index is -0.176. The van der Waals surface area contributed by atoms with Crippen LogP contribution in [0, 0.1) is 0 Å². The molecule has 1 atom stereocenters. The van der Waals surface area contributed by atoms with E-state index < -0.39 is 0 Å². The summed E-state index contributed by atoms with van der Waals surface area (Å²) in [5.74, 6) is 0.524. The number of hydrogen-bond donors (Lipinski definition) is 1. The number of thiophene rings is 1. The van der Waals surface area contributed by atoms with E-state index in [0.29, 0.717) is 5.92 Å². The van der Waals surface area contributed by atoms with Crippen molar-refractivity contribution >= 4 is 22.9 Å². The Labute approximate surface area is 137 Å². The predicted molar refractivity (Wildman–Crippen MR) is 94.4 cm³/mol. The molecule has 118 valence electrons. The Bertz CT molecular complexity index is 590. The molecule has 0 fully saturated rings. The van der Waals surface area contributed by atoms with Crippen molar-refractivity contribution in [3.8, 4) is 0 Å². The third-order valence-corrected chi connectivity index (χ3v) is 4.63. The molecule has 0 saturated heterocycles. The second-order valence-electron chi connectivity index (χ2n) is 5.99. The molecular formula is C18H24N2OS. The molecule has 2 rings (SSSR count). The van der Waals surface area contributed by atoms with Crippen molar-refractivity contribution in [3.05, 3.63) is 52.2 Å². The molecule has 1 amide bonds. The fraction of sp³-hybridized carbons (Fsp3) is 0.389. The van der Waals surface area contributed by atoms with E-state index in [1.54, 1.807) is 11.3 Å². The van der Waals surface area contributed by atoms with Gasteiger partial charge in [0.25, 0.3) is 0 Å². The molecule has 1 unspecified atom stereocenters. The summed E-state index contributed by atoms with van der Waals surface area (Å²) >= 11 is 1.68. The van der Waals surface area contributed by atoms with Crippen LogP contribution in [0.5, 0.6) is 0 Å². The maximum absolute atomic E-state index is 12.4. The first-order valence-electron chi connectivity index (χ1n) is 7.59. The molecule has 0 aliphatic heterocycles. The molecule has 0 spiro atoms. The quantitative estimate of drug-likeness (QED) is 0.860. The lowest BCUT2D eigenvalue weighted by Crippen LogP contribution is -2.39. The Kier molecular flexibility index (Phi) is 5.75. The van der Waals surface area contributed by atoms with Gasteiger partial charge in [-0.2, -0.15) is 11.3 Å². The molecule has 1 N–H and O–H groups in total. The molecular weight excluding hydrogens is 292 g/mol. The number of nitrogens with zero attached hydrogens (tertiary/aromatic N) is 1. The van der Waals surface area contributed by atoms with Gasteiger partial charge in [-0.1, -0.05) is 26.0 Å². The fourth-order valence-electron chi connectivity index (χ4n) is 2.21. The Morgan fingerprint density at radius 2 is 1.86 bits per heavy atom. The van der Waals surface area contributed by atoms with E-state index in [-0.39, 0.29) is 11.9 Å². The first kappa shape index (κ1) is 16.7. The average Bonchev–Trinajstić information content (AvgIpc) is 2.99. The van der Waals surface area contributed by atoms with Crippen LogP contribution in [0.25, 0.3) is 0 Å². The Morgan fingerprint density at radius 1 is 1.18 bits per heavy atom. The Hall–Kier alpha value is -1.65. The number of carbonyl (C=O) groups excluding carboxylic acids is 1. The van der Waals surface area contributed by atoms with E-state index in [2.05, 4.69) is 53.0 Å². The van der Waals surface area contributed by atoms with E-state index >= 15 is 0 Å². The normalized spacial score (nSPS) is 12.6. The summed E-state index contributed by atoms with van der Waals surface area (Å²) in [4.78, 5) is 14.4. The molecule has 0 radical (unpaired) electrons. The first-order valence-corrected chi connectivity index (χ1v) is 8.53. The van der Waals surface area contributed by atoms with Crippen molar-refractivity contribution in [2.24, 2.45) is 0 Å². The van der Waals surface area contributed by atoms with Gasteiger partial charge in [-0.15, -0.1) is 0 Å². The van der Waals surface area contributed by atoms with Crippen LogP contribution in [-0.2, 0) is 11.3 Å². The number of carbonyl (C=O) groups is 1. The Morgan fingerprint density at radius 3 is 2.41 bits per heavy atom. The fourth-order valence-corrected chi connectivity index (χ4v) is 2.87.